The molecule has 84 valence electrons. The van der Waals surface area contributed by atoms with Gasteiger partial charge in [-0.3, -0.25) is 0 Å². The van der Waals surface area contributed by atoms with Gasteiger partial charge in [0.25, 0.3) is 0 Å². The van der Waals surface area contributed by atoms with Crippen molar-refractivity contribution in [2.24, 2.45) is 0 Å². The van der Waals surface area contributed by atoms with Crippen molar-refractivity contribution in [2.45, 2.75) is 27.3 Å². The van der Waals surface area contributed by atoms with E-state index in [1.54, 1.807) is 0 Å². The Hall–Kier alpha value is -1.09. The molecule has 0 atom stereocenters. The number of aromatic nitrogens is 1. The van der Waals surface area contributed by atoms with Crippen LogP contribution in [0.3, 0.4) is 0 Å². The predicted octanol–water partition coefficient (Wildman–Crippen LogP) is 1.96. The van der Waals surface area contributed by atoms with Crippen molar-refractivity contribution in [1.29, 1.82) is 0 Å². The number of rotatable bonds is 5. The van der Waals surface area contributed by atoms with Crippen LogP contribution in [-0.2, 0) is 6.54 Å². The Labute approximate surface area is 92.5 Å². The molecule has 0 amide bonds. The van der Waals surface area contributed by atoms with Crippen LogP contribution in [0.1, 0.15) is 25.0 Å². The van der Waals surface area contributed by atoms with Gasteiger partial charge in [0.1, 0.15) is 5.82 Å². The summed E-state index contributed by atoms with van der Waals surface area (Å²) in [5.41, 5.74) is 2.50. The fourth-order valence-corrected chi connectivity index (χ4v) is 1.54. The van der Waals surface area contributed by atoms with Gasteiger partial charge < -0.3 is 10.2 Å². The molecule has 0 aliphatic heterocycles. The number of nitrogens with zero attached hydrogens (tertiary/aromatic N) is 2. The molecule has 0 spiro atoms. The van der Waals surface area contributed by atoms with Crippen LogP contribution in [0, 0.1) is 6.92 Å². The second-order valence-corrected chi connectivity index (χ2v) is 3.78. The standard InChI is InChI=1S/C12H21N3/c1-5-13-8-11-7-10(3)12(14-9-11)15(4)6-2/h7,9,13H,5-6,8H2,1-4H3. The second kappa shape index (κ2) is 5.71. The lowest BCUT2D eigenvalue weighted by atomic mass is 10.2. The molecule has 0 fully saturated rings. The zero-order valence-corrected chi connectivity index (χ0v) is 10.2. The molecule has 1 heterocycles. The van der Waals surface area contributed by atoms with Gasteiger partial charge >= 0.3 is 0 Å². The van der Waals surface area contributed by atoms with Crippen molar-refractivity contribution in [2.75, 3.05) is 25.0 Å². The average Bonchev–Trinajstić information content (AvgIpc) is 2.25. The van der Waals surface area contributed by atoms with E-state index >= 15 is 0 Å². The average molecular weight is 207 g/mol. The van der Waals surface area contributed by atoms with Gasteiger partial charge in [-0.1, -0.05) is 6.92 Å². The van der Waals surface area contributed by atoms with E-state index in [2.05, 4.69) is 49.1 Å². The number of aryl methyl sites for hydroxylation is 1. The summed E-state index contributed by atoms with van der Waals surface area (Å²) in [5, 5.41) is 3.30. The number of hydrogen-bond donors (Lipinski definition) is 1. The van der Waals surface area contributed by atoms with Gasteiger partial charge in [-0.05, 0) is 37.6 Å². The summed E-state index contributed by atoms with van der Waals surface area (Å²) < 4.78 is 0. The molecule has 1 rings (SSSR count). The highest BCUT2D eigenvalue weighted by molar-refractivity contribution is 5.46. The van der Waals surface area contributed by atoms with E-state index in [9.17, 15) is 0 Å². The SMILES string of the molecule is CCNCc1cnc(N(C)CC)c(C)c1. The molecular formula is C12H21N3. The van der Waals surface area contributed by atoms with Crippen LogP contribution < -0.4 is 10.2 Å². The molecule has 3 heteroatoms. The first-order chi connectivity index (χ1) is 7.19. The molecule has 0 saturated heterocycles. The Bertz CT molecular complexity index is 310. The topological polar surface area (TPSA) is 28.2 Å². The largest absolute Gasteiger partial charge is 0.360 e. The first-order valence-corrected chi connectivity index (χ1v) is 5.56. The van der Waals surface area contributed by atoms with Gasteiger partial charge in [-0.15, -0.1) is 0 Å². The minimum absolute atomic E-state index is 0.903. The first-order valence-electron chi connectivity index (χ1n) is 5.56. The van der Waals surface area contributed by atoms with Crippen LogP contribution in [0.25, 0.3) is 0 Å². The summed E-state index contributed by atoms with van der Waals surface area (Å²) in [4.78, 5) is 6.65. The van der Waals surface area contributed by atoms with Crippen molar-refractivity contribution in [3.63, 3.8) is 0 Å². The van der Waals surface area contributed by atoms with Crippen LogP contribution >= 0.6 is 0 Å². The Morgan fingerprint density at radius 3 is 2.67 bits per heavy atom. The quantitative estimate of drug-likeness (QED) is 0.800. The zero-order chi connectivity index (χ0) is 11.3. The van der Waals surface area contributed by atoms with E-state index in [1.807, 2.05) is 6.20 Å². The number of pyridine rings is 1. The van der Waals surface area contributed by atoms with Crippen molar-refractivity contribution >= 4 is 5.82 Å². The maximum Gasteiger partial charge on any atom is 0.131 e. The monoisotopic (exact) mass is 207 g/mol. The molecule has 0 aliphatic rings. The Morgan fingerprint density at radius 2 is 2.13 bits per heavy atom. The summed E-state index contributed by atoms with van der Waals surface area (Å²) in [6, 6.07) is 2.21. The van der Waals surface area contributed by atoms with Crippen molar-refractivity contribution in [1.82, 2.24) is 10.3 Å². The molecule has 0 aromatic carbocycles. The van der Waals surface area contributed by atoms with E-state index in [1.165, 1.54) is 11.1 Å². The normalized spacial score (nSPS) is 10.4. The summed E-state index contributed by atoms with van der Waals surface area (Å²) in [7, 11) is 2.07. The second-order valence-electron chi connectivity index (χ2n) is 3.78. The van der Waals surface area contributed by atoms with Gasteiger partial charge in [0.05, 0.1) is 0 Å². The molecule has 0 aliphatic carbocycles. The maximum absolute atomic E-state index is 4.49. The summed E-state index contributed by atoms with van der Waals surface area (Å²) in [5.74, 6) is 1.08. The molecule has 0 bridgehead atoms. The smallest absolute Gasteiger partial charge is 0.131 e. The van der Waals surface area contributed by atoms with Gasteiger partial charge in [0.15, 0.2) is 0 Å². The third kappa shape index (κ3) is 3.20. The van der Waals surface area contributed by atoms with Crippen LogP contribution in [0.5, 0.6) is 0 Å². The Kier molecular flexibility index (Phi) is 4.56. The minimum Gasteiger partial charge on any atom is -0.360 e. The minimum atomic E-state index is 0.903. The Morgan fingerprint density at radius 1 is 1.40 bits per heavy atom. The highest BCUT2D eigenvalue weighted by atomic mass is 15.2. The number of nitrogens with one attached hydrogen (secondary N) is 1. The van der Waals surface area contributed by atoms with Crippen LogP contribution in [0.2, 0.25) is 0 Å². The van der Waals surface area contributed by atoms with Crippen molar-refractivity contribution in [3.05, 3.63) is 23.4 Å². The summed E-state index contributed by atoms with van der Waals surface area (Å²) in [6.45, 7) is 9.24. The van der Waals surface area contributed by atoms with Gasteiger partial charge in [-0.25, -0.2) is 4.98 Å². The van der Waals surface area contributed by atoms with Crippen LogP contribution in [0.15, 0.2) is 12.3 Å². The van der Waals surface area contributed by atoms with Gasteiger partial charge in [-0.2, -0.15) is 0 Å². The fraction of sp³-hybridized carbons (Fsp3) is 0.583. The molecule has 0 saturated carbocycles. The maximum atomic E-state index is 4.49. The van der Waals surface area contributed by atoms with E-state index in [4.69, 9.17) is 0 Å². The molecule has 0 unspecified atom stereocenters. The molecule has 15 heavy (non-hydrogen) atoms. The highest BCUT2D eigenvalue weighted by Gasteiger charge is 2.04. The molecular weight excluding hydrogens is 186 g/mol. The zero-order valence-electron chi connectivity index (χ0n) is 10.2. The van der Waals surface area contributed by atoms with Crippen molar-refractivity contribution in [3.8, 4) is 0 Å². The van der Waals surface area contributed by atoms with E-state index in [0.717, 1.165) is 25.5 Å². The number of anilines is 1. The van der Waals surface area contributed by atoms with E-state index in [0.29, 0.717) is 0 Å². The van der Waals surface area contributed by atoms with E-state index < -0.39 is 0 Å². The van der Waals surface area contributed by atoms with E-state index in [-0.39, 0.29) is 0 Å². The lowest BCUT2D eigenvalue weighted by Crippen LogP contribution is -2.19. The Balaban J connectivity index is 2.78. The first kappa shape index (κ1) is 12.0. The lowest BCUT2D eigenvalue weighted by molar-refractivity contribution is 0.723. The van der Waals surface area contributed by atoms with Crippen LogP contribution in [0.4, 0.5) is 5.82 Å². The number of hydrogen-bond acceptors (Lipinski definition) is 3. The van der Waals surface area contributed by atoms with Gasteiger partial charge in [0.2, 0.25) is 0 Å². The third-order valence-electron chi connectivity index (χ3n) is 2.52. The highest BCUT2D eigenvalue weighted by Crippen LogP contribution is 2.16. The van der Waals surface area contributed by atoms with Crippen molar-refractivity contribution < 1.29 is 0 Å². The molecule has 1 aromatic heterocycles. The summed E-state index contributed by atoms with van der Waals surface area (Å²) >= 11 is 0. The third-order valence-corrected chi connectivity index (χ3v) is 2.52. The molecule has 1 aromatic rings. The fourth-order valence-electron chi connectivity index (χ4n) is 1.54. The lowest BCUT2D eigenvalue weighted by Gasteiger charge is -2.18. The molecule has 3 nitrogen and oxygen atoms in total. The predicted molar refractivity (Wildman–Crippen MR) is 65.3 cm³/mol. The summed E-state index contributed by atoms with van der Waals surface area (Å²) in [6.07, 6.45) is 1.96. The van der Waals surface area contributed by atoms with Crippen LogP contribution in [-0.4, -0.2) is 25.1 Å². The molecule has 0 radical (unpaired) electrons. The molecule has 1 N–H and O–H groups in total. The van der Waals surface area contributed by atoms with Gasteiger partial charge in [0, 0.05) is 26.3 Å².